The summed E-state index contributed by atoms with van der Waals surface area (Å²) >= 11 is 0. The van der Waals surface area contributed by atoms with Gasteiger partial charge in [0, 0.05) is 51.4 Å². The van der Waals surface area contributed by atoms with Gasteiger partial charge in [0.1, 0.15) is 6.33 Å². The molecule has 2 atom stereocenters. The monoisotopic (exact) mass is 533 g/mol. The molecular formula is C28H38F3N5O2. The summed E-state index contributed by atoms with van der Waals surface area (Å²) in [6.07, 6.45) is -1.12. The second kappa shape index (κ2) is 11.3. The Morgan fingerprint density at radius 1 is 1.08 bits per heavy atom. The third-order valence-electron chi connectivity index (χ3n) is 8.36. The van der Waals surface area contributed by atoms with E-state index in [0.717, 1.165) is 50.2 Å². The number of hydrogen-bond donors (Lipinski definition) is 0. The number of rotatable bonds is 6. The van der Waals surface area contributed by atoms with Crippen molar-refractivity contribution in [1.82, 2.24) is 24.7 Å². The number of piperidine rings is 1. The van der Waals surface area contributed by atoms with Gasteiger partial charge < -0.3 is 9.64 Å². The molecule has 0 N–H and O–H groups in total. The summed E-state index contributed by atoms with van der Waals surface area (Å²) in [6, 6.07) is 5.52. The fraction of sp³-hybridized carbons (Fsp3) is 0.607. The third-order valence-corrected chi connectivity index (χ3v) is 8.36. The predicted molar refractivity (Wildman–Crippen MR) is 139 cm³/mol. The Hall–Kier alpha value is -2.56. The molecular weight excluding hydrogens is 495 g/mol. The molecule has 2 fully saturated rings. The van der Waals surface area contributed by atoms with Gasteiger partial charge in [0.05, 0.1) is 35.2 Å². The zero-order valence-corrected chi connectivity index (χ0v) is 22.9. The highest BCUT2D eigenvalue weighted by atomic mass is 19.4. The number of ether oxygens (including phenoxy) is 1. The molecule has 10 heteroatoms. The normalized spacial score (nSPS) is 21.9. The average Bonchev–Trinajstić information content (AvgIpc) is 2.87. The Labute approximate surface area is 223 Å². The van der Waals surface area contributed by atoms with Crippen LogP contribution < -0.4 is 0 Å². The lowest BCUT2D eigenvalue weighted by molar-refractivity contribution is -0.137. The van der Waals surface area contributed by atoms with E-state index in [1.807, 2.05) is 18.7 Å². The molecule has 1 aromatic carbocycles. The lowest BCUT2D eigenvalue weighted by Crippen LogP contribution is -2.62. The number of amides is 1. The van der Waals surface area contributed by atoms with Crippen molar-refractivity contribution in [3.05, 3.63) is 58.7 Å². The third kappa shape index (κ3) is 5.87. The van der Waals surface area contributed by atoms with Gasteiger partial charge in [-0.3, -0.25) is 14.6 Å². The van der Waals surface area contributed by atoms with E-state index in [0.29, 0.717) is 36.6 Å². The molecule has 0 radical (unpaired) electrons. The van der Waals surface area contributed by atoms with Gasteiger partial charge in [0.25, 0.3) is 5.91 Å². The smallest absolute Gasteiger partial charge is 0.383 e. The van der Waals surface area contributed by atoms with E-state index in [1.165, 1.54) is 6.33 Å². The van der Waals surface area contributed by atoms with Gasteiger partial charge in [-0.15, -0.1) is 0 Å². The van der Waals surface area contributed by atoms with Gasteiger partial charge in [0.15, 0.2) is 0 Å². The summed E-state index contributed by atoms with van der Waals surface area (Å²) < 4.78 is 44.7. The molecule has 4 rings (SSSR count). The van der Waals surface area contributed by atoms with Crippen LogP contribution in [0.5, 0.6) is 0 Å². The van der Waals surface area contributed by atoms with Crippen LogP contribution >= 0.6 is 0 Å². The van der Waals surface area contributed by atoms with Crippen molar-refractivity contribution in [2.24, 2.45) is 0 Å². The molecule has 2 aliphatic rings. The Morgan fingerprint density at radius 3 is 2.21 bits per heavy atom. The molecule has 3 heterocycles. The molecule has 1 amide bonds. The van der Waals surface area contributed by atoms with Crippen molar-refractivity contribution >= 4 is 5.91 Å². The molecule has 0 aliphatic carbocycles. The zero-order valence-electron chi connectivity index (χ0n) is 22.9. The van der Waals surface area contributed by atoms with Gasteiger partial charge in [-0.1, -0.05) is 12.1 Å². The van der Waals surface area contributed by atoms with Crippen molar-refractivity contribution < 1.29 is 22.7 Å². The van der Waals surface area contributed by atoms with Crippen LogP contribution in [0.25, 0.3) is 0 Å². The van der Waals surface area contributed by atoms with Crippen LogP contribution in [0.3, 0.4) is 0 Å². The molecule has 38 heavy (non-hydrogen) atoms. The maximum absolute atomic E-state index is 13.2. The summed E-state index contributed by atoms with van der Waals surface area (Å²) in [5.74, 6) is -0.000198. The number of aryl methyl sites for hydroxylation is 2. The van der Waals surface area contributed by atoms with Crippen molar-refractivity contribution in [3.8, 4) is 0 Å². The van der Waals surface area contributed by atoms with Crippen molar-refractivity contribution in [1.29, 1.82) is 0 Å². The summed E-state index contributed by atoms with van der Waals surface area (Å²) in [5.41, 5.74) is 2.18. The van der Waals surface area contributed by atoms with Crippen LogP contribution in [0.15, 0.2) is 30.6 Å². The first-order valence-electron chi connectivity index (χ1n) is 13.2. The highest BCUT2D eigenvalue weighted by Gasteiger charge is 2.41. The fourth-order valence-corrected chi connectivity index (χ4v) is 5.93. The first-order valence-corrected chi connectivity index (χ1v) is 13.2. The van der Waals surface area contributed by atoms with Crippen LogP contribution in [-0.4, -0.2) is 88.6 Å². The van der Waals surface area contributed by atoms with Gasteiger partial charge in [-0.2, -0.15) is 13.2 Å². The second-order valence-electron chi connectivity index (χ2n) is 10.8. The van der Waals surface area contributed by atoms with Crippen molar-refractivity contribution in [3.63, 3.8) is 0 Å². The molecule has 0 saturated carbocycles. The Bertz CT molecular complexity index is 1100. The number of benzene rings is 1. The fourth-order valence-electron chi connectivity index (χ4n) is 5.93. The predicted octanol–water partition coefficient (Wildman–Crippen LogP) is 4.50. The highest BCUT2D eigenvalue weighted by Crippen LogP contribution is 2.35. The van der Waals surface area contributed by atoms with E-state index < -0.39 is 11.7 Å². The number of methoxy groups -OCH3 is 1. The van der Waals surface area contributed by atoms with E-state index in [1.54, 1.807) is 19.2 Å². The van der Waals surface area contributed by atoms with Crippen LogP contribution in [0.2, 0.25) is 0 Å². The van der Waals surface area contributed by atoms with Crippen LogP contribution in [0.1, 0.15) is 65.6 Å². The topological polar surface area (TPSA) is 61.8 Å². The number of piperazine rings is 1. The van der Waals surface area contributed by atoms with E-state index in [9.17, 15) is 18.0 Å². The lowest BCUT2D eigenvalue weighted by atomic mass is 9.86. The number of alkyl halides is 3. The first-order chi connectivity index (χ1) is 17.9. The number of halogens is 3. The summed E-state index contributed by atoms with van der Waals surface area (Å²) in [4.78, 5) is 28.4. The number of aromatic nitrogens is 2. The first kappa shape index (κ1) is 28.4. The molecule has 1 aromatic heterocycles. The lowest BCUT2D eigenvalue weighted by Gasteiger charge is -2.52. The Kier molecular flexibility index (Phi) is 8.44. The molecule has 0 spiro atoms. The Morgan fingerprint density at radius 2 is 1.68 bits per heavy atom. The van der Waals surface area contributed by atoms with Crippen LogP contribution in [0, 0.1) is 13.8 Å². The van der Waals surface area contributed by atoms with Gasteiger partial charge in [-0.05, 0) is 58.2 Å². The molecule has 7 nitrogen and oxygen atoms in total. The summed E-state index contributed by atoms with van der Waals surface area (Å²) in [5, 5.41) is 0. The van der Waals surface area contributed by atoms with Gasteiger partial charge >= 0.3 is 6.18 Å². The van der Waals surface area contributed by atoms with E-state index in [2.05, 4.69) is 33.6 Å². The largest absolute Gasteiger partial charge is 0.416 e. The van der Waals surface area contributed by atoms with Gasteiger partial charge in [0.2, 0.25) is 0 Å². The Balaban J connectivity index is 1.40. The standard InChI is InChI=1S/C28H38F3N5O2/c1-19-16-35(14-15-36(19)24(17-38-5)22-6-8-23(9-7-22)28(29,30)31)27(4)10-12-34(13-11-27)26(37)25-20(2)32-18-33-21(25)3/h6-9,18-19,24H,10-17H2,1-5H3/t19?,24-/m0/s1. The van der Waals surface area contributed by atoms with E-state index >= 15 is 0 Å². The number of carbonyl (C=O) groups excluding carboxylic acids is 1. The molecule has 208 valence electrons. The van der Waals surface area contributed by atoms with Crippen LogP contribution in [-0.2, 0) is 10.9 Å². The number of nitrogens with zero attached hydrogens (tertiary/aromatic N) is 5. The quantitative estimate of drug-likeness (QED) is 0.545. The SMILES string of the molecule is COC[C@@H](c1ccc(C(F)(F)F)cc1)N1CCN(C2(C)CCN(C(=O)c3c(C)ncnc3C)CC2)CC1C. The second-order valence-corrected chi connectivity index (χ2v) is 10.8. The maximum Gasteiger partial charge on any atom is 0.416 e. The van der Waals surface area contributed by atoms with Crippen molar-refractivity contribution in [2.75, 3.05) is 46.4 Å². The zero-order chi connectivity index (χ0) is 27.7. The molecule has 2 aromatic rings. The summed E-state index contributed by atoms with van der Waals surface area (Å²) in [6.45, 7) is 12.4. The average molecular weight is 534 g/mol. The molecule has 2 saturated heterocycles. The highest BCUT2D eigenvalue weighted by molar-refractivity contribution is 5.96. The number of hydrogen-bond acceptors (Lipinski definition) is 6. The molecule has 0 bridgehead atoms. The molecule has 2 aliphatic heterocycles. The van der Waals surface area contributed by atoms with Gasteiger partial charge in [-0.25, -0.2) is 9.97 Å². The van der Waals surface area contributed by atoms with Crippen molar-refractivity contribution in [2.45, 2.75) is 64.3 Å². The number of carbonyl (C=O) groups is 1. The van der Waals surface area contributed by atoms with E-state index in [4.69, 9.17) is 4.74 Å². The number of likely N-dealkylation sites (tertiary alicyclic amines) is 1. The minimum absolute atomic E-state index is 0.000198. The maximum atomic E-state index is 13.2. The van der Waals surface area contributed by atoms with E-state index in [-0.39, 0.29) is 23.5 Å². The minimum atomic E-state index is -4.35. The molecule has 1 unspecified atom stereocenters. The summed E-state index contributed by atoms with van der Waals surface area (Å²) in [7, 11) is 1.62. The van der Waals surface area contributed by atoms with Crippen LogP contribution in [0.4, 0.5) is 13.2 Å². The minimum Gasteiger partial charge on any atom is -0.383 e.